The number of para-hydroxylation sites is 1. The Morgan fingerprint density at radius 2 is 1.76 bits per heavy atom. The van der Waals surface area contributed by atoms with Crippen molar-refractivity contribution in [1.29, 1.82) is 0 Å². The molecule has 0 saturated heterocycles. The average molecular weight is 357 g/mol. The Balaban J connectivity index is 2.07. The Kier molecular flexibility index (Phi) is 4.55. The molecule has 1 heterocycles. The lowest BCUT2D eigenvalue weighted by atomic mass is 10.3. The van der Waals surface area contributed by atoms with Crippen molar-refractivity contribution < 1.29 is 18.0 Å². The van der Waals surface area contributed by atoms with Crippen LogP contribution in [0.5, 0.6) is 0 Å². The molecule has 0 bridgehead atoms. The van der Waals surface area contributed by atoms with Crippen molar-refractivity contribution in [2.45, 2.75) is 6.18 Å². The number of anilines is 2. The topological polar surface area (TPSA) is 66.9 Å². The van der Waals surface area contributed by atoms with Crippen molar-refractivity contribution >= 4 is 51.4 Å². The van der Waals surface area contributed by atoms with Crippen molar-refractivity contribution in [3.05, 3.63) is 33.3 Å². The third-order valence-electron chi connectivity index (χ3n) is 2.09. The maximum Gasteiger partial charge on any atom is 0.445 e. The van der Waals surface area contributed by atoms with Crippen LogP contribution in [-0.2, 0) is 6.18 Å². The van der Waals surface area contributed by atoms with Gasteiger partial charge in [-0.3, -0.25) is 5.32 Å². The second kappa shape index (κ2) is 6.04. The van der Waals surface area contributed by atoms with Gasteiger partial charge in [0.15, 0.2) is 0 Å². The molecule has 0 atom stereocenters. The highest BCUT2D eigenvalue weighted by molar-refractivity contribution is 7.15. The van der Waals surface area contributed by atoms with Gasteiger partial charge in [-0.15, -0.1) is 10.2 Å². The van der Waals surface area contributed by atoms with Gasteiger partial charge in [-0.25, -0.2) is 4.79 Å². The summed E-state index contributed by atoms with van der Waals surface area (Å²) < 4.78 is 37.0. The number of halogens is 5. The van der Waals surface area contributed by atoms with Crippen molar-refractivity contribution in [3.63, 3.8) is 0 Å². The number of nitrogens with zero attached hydrogens (tertiary/aromatic N) is 2. The average Bonchev–Trinajstić information content (AvgIpc) is 2.82. The van der Waals surface area contributed by atoms with Gasteiger partial charge in [0, 0.05) is 0 Å². The van der Waals surface area contributed by atoms with Crippen LogP contribution in [0.2, 0.25) is 10.0 Å². The first-order chi connectivity index (χ1) is 9.77. The third-order valence-corrected chi connectivity index (χ3v) is 3.60. The largest absolute Gasteiger partial charge is 0.445 e. The lowest BCUT2D eigenvalue weighted by Crippen LogP contribution is -2.19. The monoisotopic (exact) mass is 356 g/mol. The van der Waals surface area contributed by atoms with Gasteiger partial charge >= 0.3 is 12.2 Å². The number of nitrogens with one attached hydrogen (secondary N) is 2. The highest BCUT2D eigenvalue weighted by Crippen LogP contribution is 2.33. The summed E-state index contributed by atoms with van der Waals surface area (Å²) in [4.78, 5) is 11.7. The molecule has 0 aliphatic heterocycles. The standard InChI is InChI=1S/C10H5Cl2F3N4OS/c11-4-2-1-3-5(12)6(4)16-8(20)17-9-19-18-7(21-9)10(13,14)15/h1-3H,(H2,16,17,19,20). The number of hydrogen-bond acceptors (Lipinski definition) is 4. The van der Waals surface area contributed by atoms with E-state index >= 15 is 0 Å². The van der Waals surface area contributed by atoms with Crippen LogP contribution < -0.4 is 10.6 Å². The Morgan fingerprint density at radius 1 is 1.14 bits per heavy atom. The van der Waals surface area contributed by atoms with Gasteiger partial charge in [-0.2, -0.15) is 13.2 Å². The Labute approximate surface area is 130 Å². The minimum Gasteiger partial charge on any atom is -0.305 e. The Hall–Kier alpha value is -1.58. The molecule has 21 heavy (non-hydrogen) atoms. The van der Waals surface area contributed by atoms with Gasteiger partial charge in [0.1, 0.15) is 0 Å². The molecule has 0 unspecified atom stereocenters. The van der Waals surface area contributed by atoms with Crippen LogP contribution in [0.1, 0.15) is 5.01 Å². The normalized spacial score (nSPS) is 11.3. The number of aromatic nitrogens is 2. The minimum atomic E-state index is -4.61. The fourth-order valence-corrected chi connectivity index (χ4v) is 2.35. The lowest BCUT2D eigenvalue weighted by Gasteiger charge is -2.08. The van der Waals surface area contributed by atoms with Crippen molar-refractivity contribution in [3.8, 4) is 0 Å². The summed E-state index contributed by atoms with van der Waals surface area (Å²) in [5.74, 6) is 0. The molecule has 1 aromatic heterocycles. The predicted octanol–water partition coefficient (Wildman–Crippen LogP) is 4.51. The van der Waals surface area contributed by atoms with E-state index in [0.717, 1.165) is 0 Å². The molecule has 2 amide bonds. The molecule has 5 nitrogen and oxygen atoms in total. The molecule has 0 aliphatic rings. The van der Waals surface area contributed by atoms with Crippen LogP contribution in [-0.4, -0.2) is 16.2 Å². The summed E-state index contributed by atoms with van der Waals surface area (Å²) in [5, 5.41) is 9.50. The fourth-order valence-electron chi connectivity index (χ4n) is 1.25. The first-order valence-electron chi connectivity index (χ1n) is 5.20. The number of urea groups is 1. The SMILES string of the molecule is O=C(Nc1nnc(C(F)(F)F)s1)Nc1c(Cl)cccc1Cl. The number of hydrogen-bond donors (Lipinski definition) is 2. The summed E-state index contributed by atoms with van der Waals surface area (Å²) in [6, 6.07) is 3.73. The van der Waals surface area contributed by atoms with Gasteiger partial charge in [-0.1, -0.05) is 40.6 Å². The first-order valence-corrected chi connectivity index (χ1v) is 6.77. The molecule has 2 N–H and O–H groups in total. The molecular weight excluding hydrogens is 352 g/mol. The number of amides is 2. The van der Waals surface area contributed by atoms with E-state index in [0.29, 0.717) is 0 Å². The van der Waals surface area contributed by atoms with E-state index < -0.39 is 17.2 Å². The van der Waals surface area contributed by atoms with E-state index in [1.54, 1.807) is 6.07 Å². The molecule has 1 aromatic carbocycles. The Morgan fingerprint density at radius 3 is 2.29 bits per heavy atom. The summed E-state index contributed by atoms with van der Waals surface area (Å²) in [6.45, 7) is 0. The zero-order valence-corrected chi connectivity index (χ0v) is 12.2. The predicted molar refractivity (Wildman–Crippen MR) is 74.0 cm³/mol. The van der Waals surface area contributed by atoms with Gasteiger partial charge in [-0.05, 0) is 12.1 Å². The summed E-state index contributed by atoms with van der Waals surface area (Å²) >= 11 is 11.9. The third kappa shape index (κ3) is 3.96. The summed E-state index contributed by atoms with van der Waals surface area (Å²) in [5.41, 5.74) is 0.138. The van der Waals surface area contributed by atoms with Gasteiger partial charge in [0.25, 0.3) is 0 Å². The van der Waals surface area contributed by atoms with E-state index in [1.807, 2.05) is 0 Å². The maximum atomic E-state index is 12.3. The zero-order valence-electron chi connectivity index (χ0n) is 9.83. The molecule has 0 spiro atoms. The van der Waals surface area contributed by atoms with E-state index in [-0.39, 0.29) is 32.2 Å². The number of benzene rings is 1. The molecular formula is C10H5Cl2F3N4OS. The fraction of sp³-hybridized carbons (Fsp3) is 0.100. The molecule has 2 aromatic rings. The number of alkyl halides is 3. The summed E-state index contributed by atoms with van der Waals surface area (Å²) in [6.07, 6.45) is -4.61. The van der Waals surface area contributed by atoms with E-state index in [9.17, 15) is 18.0 Å². The molecule has 0 aliphatic carbocycles. The highest BCUT2D eigenvalue weighted by atomic mass is 35.5. The highest BCUT2D eigenvalue weighted by Gasteiger charge is 2.35. The molecule has 11 heteroatoms. The lowest BCUT2D eigenvalue weighted by molar-refractivity contribution is -0.138. The van der Waals surface area contributed by atoms with E-state index in [2.05, 4.69) is 20.8 Å². The summed E-state index contributed by atoms with van der Waals surface area (Å²) in [7, 11) is 0. The van der Waals surface area contributed by atoms with Crippen molar-refractivity contribution in [1.82, 2.24) is 10.2 Å². The zero-order chi connectivity index (χ0) is 15.6. The molecule has 0 radical (unpaired) electrons. The van der Waals surface area contributed by atoms with Crippen LogP contribution in [0.4, 0.5) is 28.8 Å². The van der Waals surface area contributed by atoms with Gasteiger partial charge < -0.3 is 5.32 Å². The molecule has 112 valence electrons. The van der Waals surface area contributed by atoms with Crippen LogP contribution in [0.3, 0.4) is 0 Å². The molecule has 0 fully saturated rings. The second-order valence-corrected chi connectivity index (χ2v) is 5.38. The maximum absolute atomic E-state index is 12.3. The molecule has 2 rings (SSSR count). The van der Waals surface area contributed by atoms with Crippen molar-refractivity contribution in [2.24, 2.45) is 0 Å². The Bertz CT molecular complexity index is 656. The van der Waals surface area contributed by atoms with Gasteiger partial charge in [0.2, 0.25) is 10.1 Å². The smallest absolute Gasteiger partial charge is 0.305 e. The van der Waals surface area contributed by atoms with Gasteiger partial charge in [0.05, 0.1) is 15.7 Å². The first kappa shape index (κ1) is 15.8. The van der Waals surface area contributed by atoms with E-state index in [1.165, 1.54) is 12.1 Å². The van der Waals surface area contributed by atoms with Crippen LogP contribution in [0, 0.1) is 0 Å². The quantitative estimate of drug-likeness (QED) is 0.831. The number of carbonyl (C=O) groups excluding carboxylic acids is 1. The molecule has 0 saturated carbocycles. The number of carbonyl (C=O) groups is 1. The number of rotatable bonds is 2. The van der Waals surface area contributed by atoms with Crippen LogP contribution in [0.15, 0.2) is 18.2 Å². The second-order valence-electron chi connectivity index (χ2n) is 3.59. The van der Waals surface area contributed by atoms with Crippen LogP contribution >= 0.6 is 34.5 Å². The van der Waals surface area contributed by atoms with Crippen molar-refractivity contribution in [2.75, 3.05) is 10.6 Å². The van der Waals surface area contributed by atoms with E-state index in [4.69, 9.17) is 23.2 Å². The minimum absolute atomic E-state index is 0.138. The van der Waals surface area contributed by atoms with Crippen LogP contribution in [0.25, 0.3) is 0 Å².